The summed E-state index contributed by atoms with van der Waals surface area (Å²) in [7, 11) is -10.0. The van der Waals surface area contributed by atoms with Gasteiger partial charge in [0.05, 0.1) is 19.5 Å². The highest BCUT2D eigenvalue weighted by molar-refractivity contribution is 7.47. The number of carboxylic acid groups (broad SMARTS) is 1. The number of imidazole rings is 1. The van der Waals surface area contributed by atoms with Crippen LogP contribution < -0.4 is 5.73 Å². The van der Waals surface area contributed by atoms with Gasteiger partial charge in [-0.15, -0.1) is 0 Å². The third-order valence-corrected chi connectivity index (χ3v) is 6.45. The SMILES string of the molecule is Nc1c(C(=O)O)ncn1C1O[C@H](COP(=O)(O)OC2O[C@H](COP(=O)(O)O)[C@@H](O)[C@H]2O)[C@@H](O)[C@H]1O. The van der Waals surface area contributed by atoms with Gasteiger partial charge >= 0.3 is 21.6 Å². The average molecular weight is 551 g/mol. The van der Waals surface area contributed by atoms with Crippen LogP contribution in [0.5, 0.6) is 0 Å². The van der Waals surface area contributed by atoms with Crippen LogP contribution in [0.3, 0.4) is 0 Å². The van der Waals surface area contributed by atoms with Gasteiger partial charge < -0.3 is 55.4 Å². The summed E-state index contributed by atoms with van der Waals surface area (Å²) < 4.78 is 47.7. The van der Waals surface area contributed by atoms with Gasteiger partial charge in [-0.1, -0.05) is 0 Å². The van der Waals surface area contributed by atoms with Crippen LogP contribution in [-0.4, -0.2) is 112 Å². The lowest BCUT2D eigenvalue weighted by Crippen LogP contribution is -2.35. The maximum atomic E-state index is 12.3. The van der Waals surface area contributed by atoms with Crippen molar-refractivity contribution in [2.24, 2.45) is 0 Å². The largest absolute Gasteiger partial charge is 0.476 e. The zero-order valence-corrected chi connectivity index (χ0v) is 19.1. The molecule has 3 unspecified atom stereocenters. The Morgan fingerprint density at radius 2 is 1.57 bits per heavy atom. The molecule has 0 saturated carbocycles. The second-order valence-electron chi connectivity index (χ2n) is 7.42. The molecule has 2 aliphatic rings. The number of aliphatic hydroxyl groups is 4. The summed E-state index contributed by atoms with van der Waals surface area (Å²) >= 11 is 0. The highest BCUT2D eigenvalue weighted by atomic mass is 31.2. The van der Waals surface area contributed by atoms with E-state index in [1.54, 1.807) is 0 Å². The van der Waals surface area contributed by atoms with E-state index in [-0.39, 0.29) is 0 Å². The second-order valence-corrected chi connectivity index (χ2v) is 10.1. The van der Waals surface area contributed by atoms with Crippen LogP contribution >= 0.6 is 15.6 Å². The van der Waals surface area contributed by atoms with E-state index in [0.717, 1.165) is 10.9 Å². The van der Waals surface area contributed by atoms with E-state index in [0.29, 0.717) is 0 Å². The summed E-state index contributed by atoms with van der Waals surface area (Å²) in [6.45, 7) is -1.75. The van der Waals surface area contributed by atoms with Crippen molar-refractivity contribution in [2.45, 2.75) is 49.1 Å². The number of phosphoric ester groups is 2. The normalized spacial score (nSPS) is 35.3. The molecule has 1 aromatic heterocycles. The highest BCUT2D eigenvalue weighted by Gasteiger charge is 2.49. The number of hydrogen-bond donors (Lipinski definition) is 9. The Morgan fingerprint density at radius 1 is 1.00 bits per heavy atom. The molecule has 0 spiro atoms. The predicted octanol–water partition coefficient (Wildman–Crippen LogP) is -3.53. The van der Waals surface area contributed by atoms with Gasteiger partial charge in [-0.05, 0) is 0 Å². The van der Waals surface area contributed by atoms with Gasteiger partial charge in [0.1, 0.15) is 42.4 Å². The van der Waals surface area contributed by atoms with E-state index in [4.69, 9.17) is 34.6 Å². The first-order valence-electron chi connectivity index (χ1n) is 9.56. The van der Waals surface area contributed by atoms with Crippen molar-refractivity contribution in [3.05, 3.63) is 12.0 Å². The lowest BCUT2D eigenvalue weighted by molar-refractivity contribution is -0.130. The Morgan fingerprint density at radius 3 is 2.14 bits per heavy atom. The van der Waals surface area contributed by atoms with E-state index in [1.165, 1.54) is 0 Å². The number of rotatable bonds is 10. The molecule has 3 rings (SSSR count). The first-order chi connectivity index (χ1) is 16.1. The molecule has 9 atom stereocenters. The Bertz CT molecular complexity index is 1020. The lowest BCUT2D eigenvalue weighted by atomic mass is 10.1. The molecule has 200 valence electrons. The molecule has 1 aromatic rings. The second kappa shape index (κ2) is 10.4. The summed E-state index contributed by atoms with van der Waals surface area (Å²) in [5, 5.41) is 49.2. The highest BCUT2D eigenvalue weighted by Crippen LogP contribution is 2.48. The summed E-state index contributed by atoms with van der Waals surface area (Å²) in [5.41, 5.74) is 5.12. The first kappa shape index (κ1) is 28.0. The number of hydrogen-bond acceptors (Lipinski definition) is 14. The zero-order valence-electron chi connectivity index (χ0n) is 17.3. The van der Waals surface area contributed by atoms with Crippen LogP contribution in [0, 0.1) is 0 Å². The summed E-state index contributed by atoms with van der Waals surface area (Å²) in [6, 6.07) is 0. The van der Waals surface area contributed by atoms with Crippen molar-refractivity contribution < 1.29 is 77.2 Å². The summed E-state index contributed by atoms with van der Waals surface area (Å²) in [4.78, 5) is 41.9. The maximum absolute atomic E-state index is 12.3. The summed E-state index contributed by atoms with van der Waals surface area (Å²) in [6.07, 6.45) is -12.5. The van der Waals surface area contributed by atoms with E-state index >= 15 is 0 Å². The summed E-state index contributed by atoms with van der Waals surface area (Å²) in [5.74, 6) is -1.85. The van der Waals surface area contributed by atoms with E-state index in [9.17, 15) is 39.2 Å². The predicted molar refractivity (Wildman–Crippen MR) is 105 cm³/mol. The number of nitrogens with zero attached hydrogens (tertiary/aromatic N) is 2. The average Bonchev–Trinajstić information content (AvgIpc) is 3.35. The van der Waals surface area contributed by atoms with Gasteiger partial charge in [-0.25, -0.2) is 18.9 Å². The minimum absolute atomic E-state index is 0.394. The number of anilines is 1. The van der Waals surface area contributed by atoms with Gasteiger partial charge in [0.15, 0.2) is 18.2 Å². The van der Waals surface area contributed by atoms with Crippen molar-refractivity contribution in [3.63, 3.8) is 0 Å². The molecule has 0 bridgehead atoms. The number of carboxylic acids is 1. The molecular formula is C14H23N3O16P2. The van der Waals surface area contributed by atoms with Crippen LogP contribution in [0.4, 0.5) is 5.82 Å². The minimum atomic E-state index is -5.08. The van der Waals surface area contributed by atoms with E-state index in [2.05, 4.69) is 14.0 Å². The molecular weight excluding hydrogens is 528 g/mol. The molecule has 2 saturated heterocycles. The fourth-order valence-electron chi connectivity index (χ4n) is 3.27. The fraction of sp³-hybridized carbons (Fsp3) is 0.714. The third-order valence-electron chi connectivity index (χ3n) is 5.01. The van der Waals surface area contributed by atoms with Crippen molar-refractivity contribution in [2.75, 3.05) is 18.9 Å². The van der Waals surface area contributed by atoms with Crippen LogP contribution in [0.2, 0.25) is 0 Å². The molecule has 21 heteroatoms. The number of aromatic carboxylic acids is 1. The van der Waals surface area contributed by atoms with E-state index < -0.39 is 95.5 Å². The Labute approximate surface area is 195 Å². The fourth-order valence-corrected chi connectivity index (χ4v) is 4.45. The Hall–Kier alpha value is -1.54. The van der Waals surface area contributed by atoms with Gasteiger partial charge in [-0.3, -0.25) is 18.1 Å². The third kappa shape index (κ3) is 6.43. The van der Waals surface area contributed by atoms with Gasteiger partial charge in [0.25, 0.3) is 0 Å². The monoisotopic (exact) mass is 551 g/mol. The van der Waals surface area contributed by atoms with Crippen molar-refractivity contribution in [1.29, 1.82) is 0 Å². The number of carbonyl (C=O) groups is 1. The maximum Gasteiger partial charge on any atom is 0.474 e. The standard InChI is InChI=1S/C14H23N3O16P2/c15-11-6(13(22)23)16-3-17(11)12-9(20)7(18)4(31-12)2-30-35(27,28)33-14-10(21)8(19)5(32-14)1-29-34(24,25)26/h3-5,7-10,12,14,18-21H,1-2,15H2,(H,22,23)(H,27,28)(H2,24,25,26)/t4-,5-,7-,8-,9-,10-,12?,14?/m1/s1. The molecule has 0 aromatic carbocycles. The molecule has 19 nitrogen and oxygen atoms in total. The quantitative estimate of drug-likeness (QED) is 0.127. The molecule has 2 fully saturated rings. The van der Waals surface area contributed by atoms with Crippen LogP contribution in [0.1, 0.15) is 16.7 Å². The van der Waals surface area contributed by atoms with Gasteiger partial charge in [-0.2, -0.15) is 0 Å². The molecule has 3 heterocycles. The number of aromatic nitrogens is 2. The van der Waals surface area contributed by atoms with Crippen molar-refractivity contribution >= 4 is 27.4 Å². The van der Waals surface area contributed by atoms with Crippen molar-refractivity contribution in [1.82, 2.24) is 9.55 Å². The zero-order chi connectivity index (χ0) is 26.3. The van der Waals surface area contributed by atoms with E-state index in [1.807, 2.05) is 0 Å². The van der Waals surface area contributed by atoms with Crippen LogP contribution in [0.25, 0.3) is 0 Å². The van der Waals surface area contributed by atoms with Gasteiger partial charge in [0, 0.05) is 0 Å². The lowest BCUT2D eigenvalue weighted by Gasteiger charge is -2.21. The Kier molecular flexibility index (Phi) is 8.37. The number of aliphatic hydroxyl groups excluding tert-OH is 4. The molecule has 2 aliphatic heterocycles. The number of ether oxygens (including phenoxy) is 2. The molecule has 0 radical (unpaired) electrons. The number of phosphoric acid groups is 2. The minimum Gasteiger partial charge on any atom is -0.476 e. The first-order valence-corrected chi connectivity index (χ1v) is 12.6. The topological polar surface area (TPSA) is 303 Å². The number of nitrogen functional groups attached to an aromatic ring is 1. The van der Waals surface area contributed by atoms with Gasteiger partial charge in [0.2, 0.25) is 0 Å². The molecule has 0 aliphatic carbocycles. The molecule has 10 N–H and O–H groups in total. The molecule has 35 heavy (non-hydrogen) atoms. The molecule has 0 amide bonds. The smallest absolute Gasteiger partial charge is 0.474 e. The van der Waals surface area contributed by atoms with Crippen molar-refractivity contribution in [3.8, 4) is 0 Å². The Balaban J connectivity index is 1.58. The number of nitrogens with two attached hydrogens (primary N) is 1. The van der Waals surface area contributed by atoms with Crippen LogP contribution in [-0.2, 0) is 32.2 Å². The van der Waals surface area contributed by atoms with Crippen LogP contribution in [0.15, 0.2) is 6.33 Å².